The van der Waals surface area contributed by atoms with Gasteiger partial charge >= 0.3 is 0 Å². The number of anilines is 1. The number of hydrogen-bond donors (Lipinski definition) is 1. The SMILES string of the molecule is COc1cc(OC)nc(NC(=O)C2(S(=O)(=O)c3ccccc3)CC2)n1. The van der Waals surface area contributed by atoms with Crippen molar-refractivity contribution in [3.05, 3.63) is 36.4 Å². The maximum absolute atomic E-state index is 12.8. The van der Waals surface area contributed by atoms with Gasteiger partial charge in [-0.3, -0.25) is 10.1 Å². The highest BCUT2D eigenvalue weighted by molar-refractivity contribution is 7.94. The summed E-state index contributed by atoms with van der Waals surface area (Å²) in [5, 5.41) is 2.47. The second-order valence-corrected chi connectivity index (χ2v) is 7.80. The van der Waals surface area contributed by atoms with E-state index < -0.39 is 20.5 Å². The van der Waals surface area contributed by atoms with Gasteiger partial charge in [-0.2, -0.15) is 9.97 Å². The molecule has 0 spiro atoms. The molecule has 1 aromatic heterocycles. The first-order chi connectivity index (χ1) is 11.9. The monoisotopic (exact) mass is 363 g/mol. The van der Waals surface area contributed by atoms with Gasteiger partial charge in [0.1, 0.15) is 0 Å². The maximum Gasteiger partial charge on any atom is 0.248 e. The lowest BCUT2D eigenvalue weighted by Crippen LogP contribution is -2.38. The van der Waals surface area contributed by atoms with Crippen molar-refractivity contribution in [2.24, 2.45) is 0 Å². The van der Waals surface area contributed by atoms with Gasteiger partial charge in [0.05, 0.1) is 25.2 Å². The number of carbonyl (C=O) groups is 1. The third kappa shape index (κ3) is 3.02. The van der Waals surface area contributed by atoms with Crippen LogP contribution in [0.25, 0.3) is 0 Å². The number of hydrogen-bond acceptors (Lipinski definition) is 7. The van der Waals surface area contributed by atoms with Crippen LogP contribution in [0, 0.1) is 0 Å². The van der Waals surface area contributed by atoms with Crippen molar-refractivity contribution in [3.63, 3.8) is 0 Å². The van der Waals surface area contributed by atoms with Gasteiger partial charge in [0.15, 0.2) is 14.6 Å². The maximum atomic E-state index is 12.8. The molecule has 3 rings (SSSR count). The Labute approximate surface area is 145 Å². The van der Waals surface area contributed by atoms with Crippen molar-refractivity contribution in [3.8, 4) is 11.8 Å². The molecule has 0 bridgehead atoms. The second kappa shape index (κ2) is 6.32. The van der Waals surface area contributed by atoms with Gasteiger partial charge in [-0.1, -0.05) is 18.2 Å². The number of methoxy groups -OCH3 is 2. The summed E-state index contributed by atoms with van der Waals surface area (Å²) in [6.07, 6.45) is 0.494. The smallest absolute Gasteiger partial charge is 0.248 e. The van der Waals surface area contributed by atoms with Crippen LogP contribution in [0.3, 0.4) is 0 Å². The van der Waals surface area contributed by atoms with Crippen LogP contribution < -0.4 is 14.8 Å². The van der Waals surface area contributed by atoms with Crippen LogP contribution in [0.4, 0.5) is 5.95 Å². The molecule has 1 aromatic carbocycles. The molecule has 0 atom stereocenters. The molecular weight excluding hydrogens is 346 g/mol. The fourth-order valence-corrected chi connectivity index (χ4v) is 4.34. The number of nitrogens with one attached hydrogen (secondary N) is 1. The molecule has 8 nitrogen and oxygen atoms in total. The van der Waals surface area contributed by atoms with E-state index in [2.05, 4.69) is 15.3 Å². The molecule has 1 saturated carbocycles. The third-order valence-electron chi connectivity index (χ3n) is 4.01. The fourth-order valence-electron chi connectivity index (χ4n) is 2.44. The minimum atomic E-state index is -3.81. The molecule has 9 heteroatoms. The Hall–Kier alpha value is -2.68. The van der Waals surface area contributed by atoms with E-state index >= 15 is 0 Å². The zero-order chi connectivity index (χ0) is 18.1. The minimum Gasteiger partial charge on any atom is -0.481 e. The summed E-state index contributed by atoms with van der Waals surface area (Å²) in [6, 6.07) is 9.37. The van der Waals surface area contributed by atoms with E-state index in [-0.39, 0.29) is 35.4 Å². The summed E-state index contributed by atoms with van der Waals surface area (Å²) in [7, 11) is -0.984. The van der Waals surface area contributed by atoms with Gasteiger partial charge in [-0.15, -0.1) is 0 Å². The molecule has 0 aliphatic heterocycles. The normalized spacial score (nSPS) is 15.3. The number of sulfone groups is 1. The van der Waals surface area contributed by atoms with Gasteiger partial charge in [0.25, 0.3) is 0 Å². The zero-order valence-corrected chi connectivity index (χ0v) is 14.5. The molecule has 1 heterocycles. The van der Waals surface area contributed by atoms with E-state index in [9.17, 15) is 13.2 Å². The second-order valence-electron chi connectivity index (χ2n) is 5.54. The van der Waals surface area contributed by atoms with Crippen molar-refractivity contribution in [2.75, 3.05) is 19.5 Å². The number of nitrogens with zero attached hydrogens (tertiary/aromatic N) is 2. The molecule has 1 amide bonds. The lowest BCUT2D eigenvalue weighted by Gasteiger charge is -2.16. The predicted octanol–water partition coefficient (Wildman–Crippen LogP) is 1.44. The van der Waals surface area contributed by atoms with Gasteiger partial charge in [-0.25, -0.2) is 8.42 Å². The Morgan fingerprint density at radius 1 is 1.08 bits per heavy atom. The summed E-state index contributed by atoms with van der Waals surface area (Å²) >= 11 is 0. The average molecular weight is 363 g/mol. The number of amides is 1. The zero-order valence-electron chi connectivity index (χ0n) is 13.7. The first kappa shape index (κ1) is 17.2. The summed E-state index contributed by atoms with van der Waals surface area (Å²) in [5.74, 6) is -0.349. The lowest BCUT2D eigenvalue weighted by atomic mass is 10.4. The summed E-state index contributed by atoms with van der Waals surface area (Å²) in [6.45, 7) is 0. The van der Waals surface area contributed by atoms with Crippen molar-refractivity contribution in [2.45, 2.75) is 22.5 Å². The van der Waals surface area contributed by atoms with E-state index in [0.29, 0.717) is 0 Å². The van der Waals surface area contributed by atoms with Gasteiger partial charge < -0.3 is 9.47 Å². The molecule has 25 heavy (non-hydrogen) atoms. The van der Waals surface area contributed by atoms with E-state index in [0.717, 1.165) is 0 Å². The Kier molecular flexibility index (Phi) is 4.34. The largest absolute Gasteiger partial charge is 0.481 e. The lowest BCUT2D eigenvalue weighted by molar-refractivity contribution is -0.116. The molecule has 1 N–H and O–H groups in total. The first-order valence-electron chi connectivity index (χ1n) is 7.51. The highest BCUT2D eigenvalue weighted by Crippen LogP contribution is 2.47. The van der Waals surface area contributed by atoms with E-state index in [1.165, 1.54) is 32.4 Å². The van der Waals surface area contributed by atoms with Gasteiger partial charge in [0.2, 0.25) is 23.6 Å². The summed E-state index contributed by atoms with van der Waals surface area (Å²) < 4.78 is 34.2. The number of carbonyl (C=O) groups excluding carboxylic acids is 1. The minimum absolute atomic E-state index is 0.0734. The van der Waals surface area contributed by atoms with E-state index in [4.69, 9.17) is 9.47 Å². The van der Waals surface area contributed by atoms with Crippen molar-refractivity contribution >= 4 is 21.7 Å². The standard InChI is InChI=1S/C16H17N3O5S/c1-23-12-10-13(24-2)18-15(17-12)19-14(20)16(8-9-16)25(21,22)11-6-4-3-5-7-11/h3-7,10H,8-9H2,1-2H3,(H,17,18,19,20). The molecule has 2 aromatic rings. The van der Waals surface area contributed by atoms with Gasteiger partial charge in [0, 0.05) is 0 Å². The van der Waals surface area contributed by atoms with Crippen molar-refractivity contribution < 1.29 is 22.7 Å². The Morgan fingerprint density at radius 2 is 1.64 bits per heavy atom. The van der Waals surface area contributed by atoms with Crippen LogP contribution in [0.1, 0.15) is 12.8 Å². The van der Waals surface area contributed by atoms with Crippen LogP contribution in [-0.2, 0) is 14.6 Å². The van der Waals surface area contributed by atoms with Crippen molar-refractivity contribution in [1.29, 1.82) is 0 Å². The molecule has 0 unspecified atom stereocenters. The summed E-state index contributed by atoms with van der Waals surface area (Å²) in [4.78, 5) is 20.8. The predicted molar refractivity (Wildman–Crippen MR) is 89.4 cm³/mol. The number of ether oxygens (including phenoxy) is 2. The van der Waals surface area contributed by atoms with Gasteiger partial charge in [-0.05, 0) is 25.0 Å². The first-order valence-corrected chi connectivity index (χ1v) is 8.99. The Morgan fingerprint density at radius 3 is 2.12 bits per heavy atom. The molecule has 0 radical (unpaired) electrons. The number of aromatic nitrogens is 2. The van der Waals surface area contributed by atoms with Crippen molar-refractivity contribution in [1.82, 2.24) is 9.97 Å². The van der Waals surface area contributed by atoms with Crippen LogP contribution in [0.5, 0.6) is 11.8 Å². The van der Waals surface area contributed by atoms with Crippen LogP contribution >= 0.6 is 0 Å². The van der Waals surface area contributed by atoms with Crippen LogP contribution in [0.2, 0.25) is 0 Å². The average Bonchev–Trinajstić information content (AvgIpc) is 3.44. The van der Waals surface area contributed by atoms with Crippen LogP contribution in [0.15, 0.2) is 41.3 Å². The molecule has 1 fully saturated rings. The Balaban J connectivity index is 1.89. The third-order valence-corrected chi connectivity index (χ3v) is 6.52. The molecule has 1 aliphatic carbocycles. The number of benzene rings is 1. The highest BCUT2D eigenvalue weighted by Gasteiger charge is 2.61. The topological polar surface area (TPSA) is 107 Å². The fraction of sp³-hybridized carbons (Fsp3) is 0.312. The van der Waals surface area contributed by atoms with Crippen LogP contribution in [-0.4, -0.2) is 43.3 Å². The van der Waals surface area contributed by atoms with E-state index in [1.54, 1.807) is 18.2 Å². The molecular formula is C16H17N3O5S. The highest BCUT2D eigenvalue weighted by atomic mass is 32.2. The quantitative estimate of drug-likeness (QED) is 0.827. The Bertz CT molecular complexity index is 873. The molecule has 132 valence electrons. The van der Waals surface area contributed by atoms with E-state index in [1.807, 2.05) is 0 Å². The number of rotatable bonds is 6. The summed E-state index contributed by atoms with van der Waals surface area (Å²) in [5.41, 5.74) is 0. The molecule has 0 saturated heterocycles. The molecule has 1 aliphatic rings.